The first-order chi connectivity index (χ1) is 12.2. The first-order valence-corrected chi connectivity index (χ1v) is 7.85. The van der Waals surface area contributed by atoms with Gasteiger partial charge in [-0.15, -0.1) is 0 Å². The van der Waals surface area contributed by atoms with Crippen molar-refractivity contribution in [2.75, 3.05) is 0 Å². The molecule has 0 saturated carbocycles. The molecule has 0 atom stereocenters. The van der Waals surface area contributed by atoms with Gasteiger partial charge in [-0.25, -0.2) is 4.68 Å². The van der Waals surface area contributed by atoms with Crippen molar-refractivity contribution in [3.63, 3.8) is 0 Å². The molecule has 0 unspecified atom stereocenters. The van der Waals surface area contributed by atoms with Crippen LogP contribution in [0, 0.1) is 0 Å². The van der Waals surface area contributed by atoms with Crippen LogP contribution in [0.15, 0.2) is 59.7 Å². The third-order valence-corrected chi connectivity index (χ3v) is 4.01. The van der Waals surface area contributed by atoms with Gasteiger partial charge in [0.2, 0.25) is 5.91 Å². The maximum atomic E-state index is 12.6. The van der Waals surface area contributed by atoms with Crippen LogP contribution in [-0.4, -0.2) is 25.7 Å². The van der Waals surface area contributed by atoms with E-state index in [-0.39, 0.29) is 18.0 Å². The van der Waals surface area contributed by atoms with E-state index < -0.39 is 0 Å². The molecule has 1 amide bonds. The number of aromatic amines is 1. The van der Waals surface area contributed by atoms with Gasteiger partial charge in [-0.05, 0) is 18.2 Å². The molecule has 2 N–H and O–H groups in total. The molecular weight excluding hydrogens is 318 g/mol. The number of amides is 1. The van der Waals surface area contributed by atoms with Gasteiger partial charge in [-0.3, -0.25) is 14.6 Å². The Morgan fingerprint density at radius 1 is 1.12 bits per heavy atom. The number of rotatable bonds is 4. The van der Waals surface area contributed by atoms with Crippen molar-refractivity contribution in [1.82, 2.24) is 25.1 Å². The number of benzene rings is 1. The minimum Gasteiger partial charge on any atom is -0.350 e. The van der Waals surface area contributed by atoms with E-state index in [4.69, 9.17) is 0 Å². The van der Waals surface area contributed by atoms with Crippen LogP contribution in [0.25, 0.3) is 21.8 Å². The number of nitrogens with zero attached hydrogens (tertiary/aromatic N) is 3. The van der Waals surface area contributed by atoms with E-state index >= 15 is 0 Å². The first kappa shape index (κ1) is 15.1. The Bertz CT molecular complexity index is 1110. The summed E-state index contributed by atoms with van der Waals surface area (Å²) in [4.78, 5) is 31.9. The second kappa shape index (κ2) is 6.20. The topological polar surface area (TPSA) is 92.7 Å². The quantitative estimate of drug-likeness (QED) is 0.593. The van der Waals surface area contributed by atoms with Crippen LogP contribution in [0.4, 0.5) is 0 Å². The van der Waals surface area contributed by atoms with Gasteiger partial charge in [-0.1, -0.05) is 24.3 Å². The van der Waals surface area contributed by atoms with E-state index in [0.29, 0.717) is 12.1 Å². The SMILES string of the molecule is O=C(Cn1ncc2c([nH]c3ccccc32)c1=O)NCc1ccccn1. The van der Waals surface area contributed by atoms with E-state index in [0.717, 1.165) is 26.7 Å². The van der Waals surface area contributed by atoms with Crippen molar-refractivity contribution in [3.8, 4) is 0 Å². The Labute approximate surface area is 142 Å². The van der Waals surface area contributed by atoms with Gasteiger partial charge >= 0.3 is 0 Å². The summed E-state index contributed by atoms with van der Waals surface area (Å²) in [7, 11) is 0. The second-order valence-electron chi connectivity index (χ2n) is 5.66. The van der Waals surface area contributed by atoms with Crippen LogP contribution in [0.1, 0.15) is 5.69 Å². The van der Waals surface area contributed by atoms with Gasteiger partial charge in [0.1, 0.15) is 12.1 Å². The zero-order valence-electron chi connectivity index (χ0n) is 13.3. The van der Waals surface area contributed by atoms with Crippen LogP contribution in [0.2, 0.25) is 0 Å². The number of carbonyl (C=O) groups excluding carboxylic acids is 1. The molecule has 0 spiro atoms. The summed E-state index contributed by atoms with van der Waals surface area (Å²) in [5.74, 6) is -0.296. The number of hydrogen-bond acceptors (Lipinski definition) is 4. The molecule has 1 aromatic carbocycles. The molecule has 4 aromatic rings. The molecule has 3 aromatic heterocycles. The lowest BCUT2D eigenvalue weighted by atomic mass is 10.2. The molecule has 0 saturated heterocycles. The van der Waals surface area contributed by atoms with Gasteiger partial charge in [0.25, 0.3) is 5.56 Å². The molecule has 124 valence electrons. The van der Waals surface area contributed by atoms with Gasteiger partial charge in [0.15, 0.2) is 0 Å². The summed E-state index contributed by atoms with van der Waals surface area (Å²) < 4.78 is 1.16. The summed E-state index contributed by atoms with van der Waals surface area (Å²) in [5, 5.41) is 8.56. The molecule has 0 fully saturated rings. The van der Waals surface area contributed by atoms with Gasteiger partial charge in [0.05, 0.1) is 18.4 Å². The largest absolute Gasteiger partial charge is 0.350 e. The summed E-state index contributed by atoms with van der Waals surface area (Å²) in [6.45, 7) is 0.167. The average Bonchev–Trinajstić information content (AvgIpc) is 3.03. The molecule has 7 heteroatoms. The van der Waals surface area contributed by atoms with E-state index in [1.54, 1.807) is 12.4 Å². The van der Waals surface area contributed by atoms with Gasteiger partial charge in [0, 0.05) is 22.5 Å². The van der Waals surface area contributed by atoms with Crippen molar-refractivity contribution in [2.45, 2.75) is 13.1 Å². The summed E-state index contributed by atoms with van der Waals surface area (Å²) >= 11 is 0. The van der Waals surface area contributed by atoms with Crippen LogP contribution in [0.3, 0.4) is 0 Å². The molecule has 7 nitrogen and oxygen atoms in total. The molecule has 0 aliphatic heterocycles. The molecule has 4 rings (SSSR count). The van der Waals surface area contributed by atoms with E-state index in [1.807, 2.05) is 42.5 Å². The third kappa shape index (κ3) is 2.87. The Hall–Kier alpha value is -3.48. The van der Waals surface area contributed by atoms with E-state index in [2.05, 4.69) is 20.4 Å². The highest BCUT2D eigenvalue weighted by atomic mass is 16.2. The van der Waals surface area contributed by atoms with Crippen LogP contribution < -0.4 is 10.9 Å². The number of fused-ring (bicyclic) bond motifs is 3. The van der Waals surface area contributed by atoms with E-state index in [9.17, 15) is 9.59 Å². The Balaban J connectivity index is 1.57. The fourth-order valence-electron chi connectivity index (χ4n) is 2.77. The van der Waals surface area contributed by atoms with Crippen LogP contribution >= 0.6 is 0 Å². The smallest absolute Gasteiger partial charge is 0.291 e. The second-order valence-corrected chi connectivity index (χ2v) is 5.66. The van der Waals surface area contributed by atoms with Crippen molar-refractivity contribution in [1.29, 1.82) is 0 Å². The average molecular weight is 333 g/mol. The van der Waals surface area contributed by atoms with Crippen molar-refractivity contribution in [2.24, 2.45) is 0 Å². The number of H-pyrrole nitrogens is 1. The number of nitrogens with one attached hydrogen (secondary N) is 2. The highest BCUT2D eigenvalue weighted by Crippen LogP contribution is 2.21. The van der Waals surface area contributed by atoms with Crippen molar-refractivity contribution in [3.05, 3.63) is 70.9 Å². The number of carbonyl (C=O) groups is 1. The highest BCUT2D eigenvalue weighted by Gasteiger charge is 2.12. The zero-order valence-corrected chi connectivity index (χ0v) is 13.3. The van der Waals surface area contributed by atoms with Gasteiger partial charge < -0.3 is 10.3 Å². The lowest BCUT2D eigenvalue weighted by molar-refractivity contribution is -0.122. The molecule has 0 radical (unpaired) electrons. The summed E-state index contributed by atoms with van der Waals surface area (Å²) in [6, 6.07) is 13.1. The normalized spacial score (nSPS) is 11.0. The van der Waals surface area contributed by atoms with E-state index in [1.165, 1.54) is 0 Å². The highest BCUT2D eigenvalue weighted by molar-refractivity contribution is 6.06. The third-order valence-electron chi connectivity index (χ3n) is 4.01. The molecule has 0 bridgehead atoms. The number of hydrogen-bond donors (Lipinski definition) is 2. The molecule has 0 aliphatic carbocycles. The fraction of sp³-hybridized carbons (Fsp3) is 0.111. The van der Waals surface area contributed by atoms with Crippen molar-refractivity contribution < 1.29 is 4.79 Å². The Morgan fingerprint density at radius 3 is 2.80 bits per heavy atom. The van der Waals surface area contributed by atoms with Gasteiger partial charge in [-0.2, -0.15) is 5.10 Å². The molecule has 25 heavy (non-hydrogen) atoms. The summed E-state index contributed by atoms with van der Waals surface area (Å²) in [6.07, 6.45) is 3.28. The number of para-hydroxylation sites is 1. The number of aromatic nitrogens is 4. The lowest BCUT2D eigenvalue weighted by Crippen LogP contribution is -2.33. The molecule has 3 heterocycles. The minimum atomic E-state index is -0.318. The maximum absolute atomic E-state index is 12.6. The standard InChI is InChI=1S/C18H15N5O2/c24-16(20-9-12-5-3-4-8-19-12)11-23-18(25)17-14(10-21-23)13-6-1-2-7-15(13)22-17/h1-8,10,22H,9,11H2,(H,20,24). The number of pyridine rings is 1. The Kier molecular flexibility index (Phi) is 3.74. The minimum absolute atomic E-state index is 0.142. The first-order valence-electron chi connectivity index (χ1n) is 7.85. The maximum Gasteiger partial charge on any atom is 0.291 e. The predicted molar refractivity (Wildman–Crippen MR) is 93.9 cm³/mol. The van der Waals surface area contributed by atoms with Crippen molar-refractivity contribution >= 4 is 27.7 Å². The summed E-state index contributed by atoms with van der Waals surface area (Å²) in [5.41, 5.74) is 1.76. The molecular formula is C18H15N5O2. The Morgan fingerprint density at radius 2 is 1.96 bits per heavy atom. The van der Waals surface area contributed by atoms with Crippen LogP contribution in [-0.2, 0) is 17.9 Å². The lowest BCUT2D eigenvalue weighted by Gasteiger charge is -2.06. The van der Waals surface area contributed by atoms with Crippen LogP contribution in [0.5, 0.6) is 0 Å². The zero-order chi connectivity index (χ0) is 17.2. The molecule has 0 aliphatic rings. The predicted octanol–water partition coefficient (Wildman–Crippen LogP) is 1.59. The monoisotopic (exact) mass is 333 g/mol. The fourth-order valence-corrected chi connectivity index (χ4v) is 2.77.